The highest BCUT2D eigenvalue weighted by Crippen LogP contribution is 2.22. The Balaban J connectivity index is 1.35. The maximum Gasteiger partial charge on any atom is 0.251 e. The Hall–Kier alpha value is -3.08. The molecule has 3 aromatic rings. The summed E-state index contributed by atoms with van der Waals surface area (Å²) in [5.74, 6) is -0.0493. The molecule has 29 heavy (non-hydrogen) atoms. The minimum Gasteiger partial charge on any atom is -0.372 e. The van der Waals surface area contributed by atoms with Gasteiger partial charge in [0.2, 0.25) is 0 Å². The fraction of sp³-hybridized carbons (Fsp3) is 0.333. The van der Waals surface area contributed by atoms with Gasteiger partial charge in [0.15, 0.2) is 0 Å². The SMILES string of the molecule is C[C@H](NC(=O)c1ccc(Cn2ccnc2)cc1)c1ccc(N2CCCCC2)cc1. The highest BCUT2D eigenvalue weighted by molar-refractivity contribution is 5.94. The molecule has 0 bridgehead atoms. The zero-order valence-electron chi connectivity index (χ0n) is 16.9. The molecule has 5 nitrogen and oxygen atoms in total. The smallest absolute Gasteiger partial charge is 0.251 e. The third-order valence-corrected chi connectivity index (χ3v) is 5.60. The lowest BCUT2D eigenvalue weighted by Gasteiger charge is -2.29. The average Bonchev–Trinajstić information content (AvgIpc) is 3.28. The maximum atomic E-state index is 12.6. The fourth-order valence-electron chi connectivity index (χ4n) is 3.84. The molecule has 150 valence electrons. The molecule has 0 unspecified atom stereocenters. The van der Waals surface area contributed by atoms with E-state index in [-0.39, 0.29) is 11.9 Å². The van der Waals surface area contributed by atoms with Crippen LogP contribution in [-0.2, 0) is 6.54 Å². The number of benzene rings is 2. The Morgan fingerprint density at radius 3 is 2.41 bits per heavy atom. The van der Waals surface area contributed by atoms with E-state index in [4.69, 9.17) is 0 Å². The summed E-state index contributed by atoms with van der Waals surface area (Å²) in [6, 6.07) is 16.3. The van der Waals surface area contributed by atoms with Crippen molar-refractivity contribution in [2.75, 3.05) is 18.0 Å². The Morgan fingerprint density at radius 2 is 1.76 bits per heavy atom. The highest BCUT2D eigenvalue weighted by atomic mass is 16.1. The fourth-order valence-corrected chi connectivity index (χ4v) is 3.84. The summed E-state index contributed by atoms with van der Waals surface area (Å²) in [6.07, 6.45) is 9.37. The molecule has 1 amide bonds. The summed E-state index contributed by atoms with van der Waals surface area (Å²) in [4.78, 5) is 19.1. The number of anilines is 1. The first-order valence-corrected chi connectivity index (χ1v) is 10.4. The van der Waals surface area contributed by atoms with E-state index < -0.39 is 0 Å². The van der Waals surface area contributed by atoms with Crippen LogP contribution in [0.1, 0.15) is 53.7 Å². The number of rotatable bonds is 6. The topological polar surface area (TPSA) is 50.2 Å². The molecule has 0 radical (unpaired) electrons. The van der Waals surface area contributed by atoms with Gasteiger partial charge in [-0.15, -0.1) is 0 Å². The molecule has 1 aliphatic rings. The summed E-state index contributed by atoms with van der Waals surface area (Å²) in [7, 11) is 0. The second-order valence-corrected chi connectivity index (χ2v) is 7.77. The molecule has 4 rings (SSSR count). The van der Waals surface area contributed by atoms with Gasteiger partial charge in [0.05, 0.1) is 12.4 Å². The van der Waals surface area contributed by atoms with Gasteiger partial charge in [0.25, 0.3) is 5.91 Å². The summed E-state index contributed by atoms with van der Waals surface area (Å²) in [5, 5.41) is 3.11. The van der Waals surface area contributed by atoms with E-state index in [1.54, 1.807) is 12.5 Å². The maximum absolute atomic E-state index is 12.6. The lowest BCUT2D eigenvalue weighted by Crippen LogP contribution is -2.29. The van der Waals surface area contributed by atoms with E-state index in [9.17, 15) is 4.79 Å². The number of carbonyl (C=O) groups is 1. The van der Waals surface area contributed by atoms with E-state index >= 15 is 0 Å². The number of nitrogens with zero attached hydrogens (tertiary/aromatic N) is 3. The van der Waals surface area contributed by atoms with Crippen molar-refractivity contribution in [1.29, 1.82) is 0 Å². The molecule has 1 fully saturated rings. The van der Waals surface area contributed by atoms with Crippen molar-refractivity contribution >= 4 is 11.6 Å². The minimum absolute atomic E-state index is 0.0384. The van der Waals surface area contributed by atoms with Crippen LogP contribution in [0.3, 0.4) is 0 Å². The van der Waals surface area contributed by atoms with Crippen molar-refractivity contribution < 1.29 is 4.79 Å². The predicted octanol–water partition coefficient (Wildman–Crippen LogP) is 4.41. The quantitative estimate of drug-likeness (QED) is 0.680. The number of aromatic nitrogens is 2. The second-order valence-electron chi connectivity index (χ2n) is 7.77. The molecule has 0 aliphatic carbocycles. The van der Waals surface area contributed by atoms with Crippen LogP contribution in [0.2, 0.25) is 0 Å². The van der Waals surface area contributed by atoms with Gasteiger partial charge >= 0.3 is 0 Å². The van der Waals surface area contributed by atoms with Crippen molar-refractivity contribution in [2.45, 2.75) is 38.8 Å². The van der Waals surface area contributed by atoms with Gasteiger partial charge in [0.1, 0.15) is 0 Å². The summed E-state index contributed by atoms with van der Waals surface area (Å²) < 4.78 is 2.00. The third kappa shape index (κ3) is 4.86. The van der Waals surface area contributed by atoms with Crippen molar-refractivity contribution in [3.05, 3.63) is 83.9 Å². The van der Waals surface area contributed by atoms with Gasteiger partial charge in [-0.05, 0) is 61.6 Å². The largest absolute Gasteiger partial charge is 0.372 e. The molecule has 0 saturated carbocycles. The van der Waals surface area contributed by atoms with E-state index in [1.807, 2.05) is 42.0 Å². The zero-order valence-corrected chi connectivity index (χ0v) is 16.9. The van der Waals surface area contributed by atoms with Crippen LogP contribution in [0.25, 0.3) is 0 Å². The third-order valence-electron chi connectivity index (χ3n) is 5.60. The van der Waals surface area contributed by atoms with Gasteiger partial charge in [-0.2, -0.15) is 0 Å². The van der Waals surface area contributed by atoms with Gasteiger partial charge in [-0.25, -0.2) is 4.98 Å². The lowest BCUT2D eigenvalue weighted by molar-refractivity contribution is 0.0940. The van der Waals surface area contributed by atoms with Crippen molar-refractivity contribution in [3.63, 3.8) is 0 Å². The molecule has 1 atom stereocenters. The second kappa shape index (κ2) is 8.95. The van der Waals surface area contributed by atoms with Crippen LogP contribution in [0.15, 0.2) is 67.3 Å². The van der Waals surface area contributed by atoms with Gasteiger partial charge in [0, 0.05) is 43.3 Å². The van der Waals surface area contributed by atoms with E-state index in [1.165, 1.54) is 24.9 Å². The normalized spacial score (nSPS) is 15.1. The lowest BCUT2D eigenvalue weighted by atomic mass is 10.1. The summed E-state index contributed by atoms with van der Waals surface area (Å²) in [6.45, 7) is 5.06. The van der Waals surface area contributed by atoms with E-state index in [0.717, 1.165) is 30.8 Å². The van der Waals surface area contributed by atoms with Crippen LogP contribution in [0, 0.1) is 0 Å². The number of carbonyl (C=O) groups excluding carboxylic acids is 1. The molecule has 2 heterocycles. The monoisotopic (exact) mass is 388 g/mol. The standard InChI is InChI=1S/C24H28N4O/c1-19(21-9-11-23(12-10-21)28-14-3-2-4-15-28)26-24(29)22-7-5-20(6-8-22)17-27-16-13-25-18-27/h5-13,16,18-19H,2-4,14-15,17H2,1H3,(H,26,29)/t19-/m0/s1. The Morgan fingerprint density at radius 1 is 1.03 bits per heavy atom. The number of hydrogen-bond acceptors (Lipinski definition) is 3. The molecule has 1 saturated heterocycles. The molecular formula is C24H28N4O. The van der Waals surface area contributed by atoms with Gasteiger partial charge < -0.3 is 14.8 Å². The summed E-state index contributed by atoms with van der Waals surface area (Å²) in [5.41, 5.74) is 4.22. The van der Waals surface area contributed by atoms with Crippen LogP contribution >= 0.6 is 0 Å². The van der Waals surface area contributed by atoms with Gasteiger partial charge in [-0.3, -0.25) is 4.79 Å². The molecule has 1 N–H and O–H groups in total. The zero-order chi connectivity index (χ0) is 20.1. The van der Waals surface area contributed by atoms with Crippen molar-refractivity contribution in [3.8, 4) is 0 Å². The van der Waals surface area contributed by atoms with Crippen LogP contribution in [0.5, 0.6) is 0 Å². The number of hydrogen-bond donors (Lipinski definition) is 1. The van der Waals surface area contributed by atoms with Crippen LogP contribution < -0.4 is 10.2 Å². The highest BCUT2D eigenvalue weighted by Gasteiger charge is 2.14. The summed E-state index contributed by atoms with van der Waals surface area (Å²) >= 11 is 0. The van der Waals surface area contributed by atoms with Crippen LogP contribution in [-0.4, -0.2) is 28.5 Å². The molecule has 1 aliphatic heterocycles. The number of nitrogens with one attached hydrogen (secondary N) is 1. The molecule has 2 aromatic carbocycles. The molecule has 5 heteroatoms. The Bertz CT molecular complexity index is 911. The average molecular weight is 389 g/mol. The number of imidazole rings is 1. The van der Waals surface area contributed by atoms with E-state index in [2.05, 4.69) is 39.5 Å². The van der Waals surface area contributed by atoms with E-state index in [0.29, 0.717) is 5.56 Å². The van der Waals surface area contributed by atoms with Crippen molar-refractivity contribution in [2.24, 2.45) is 0 Å². The number of amides is 1. The van der Waals surface area contributed by atoms with Gasteiger partial charge in [-0.1, -0.05) is 24.3 Å². The molecular weight excluding hydrogens is 360 g/mol. The Kier molecular flexibility index (Phi) is 5.94. The minimum atomic E-state index is -0.0493. The first-order chi connectivity index (χ1) is 14.2. The first kappa shape index (κ1) is 19.2. The van der Waals surface area contributed by atoms with Crippen LogP contribution in [0.4, 0.5) is 5.69 Å². The number of piperidine rings is 1. The van der Waals surface area contributed by atoms with Crippen molar-refractivity contribution in [1.82, 2.24) is 14.9 Å². The first-order valence-electron chi connectivity index (χ1n) is 10.4. The molecule has 1 aromatic heterocycles. The predicted molar refractivity (Wildman–Crippen MR) is 116 cm³/mol. The Labute approximate surface area is 172 Å². The molecule has 0 spiro atoms.